The molecule has 312 valence electrons. The third-order valence-electron chi connectivity index (χ3n) is 14.6. The molecule has 0 amide bonds. The molecule has 0 saturated carbocycles. The van der Waals surface area contributed by atoms with E-state index in [0.717, 1.165) is 17.1 Å². The number of hydrogen-bond donors (Lipinski definition) is 0. The van der Waals surface area contributed by atoms with E-state index in [1.54, 1.807) is 0 Å². The molecule has 0 atom stereocenters. The lowest BCUT2D eigenvalue weighted by Gasteiger charge is -2.34. The van der Waals surface area contributed by atoms with Gasteiger partial charge < -0.3 is 4.90 Å². The molecule has 0 aliphatic heterocycles. The van der Waals surface area contributed by atoms with Crippen molar-refractivity contribution in [1.29, 1.82) is 0 Å². The zero-order valence-electron chi connectivity index (χ0n) is 36.9. The summed E-state index contributed by atoms with van der Waals surface area (Å²) in [7, 11) is 0. The van der Waals surface area contributed by atoms with E-state index < -0.39 is 5.41 Å². The fraction of sp³-hybridized carbons (Fsp3) is 0.0625. The van der Waals surface area contributed by atoms with E-state index in [-0.39, 0.29) is 5.41 Å². The molecule has 1 heterocycles. The van der Waals surface area contributed by atoms with Crippen molar-refractivity contribution >= 4 is 48.6 Å². The van der Waals surface area contributed by atoms with Crippen LogP contribution in [0.15, 0.2) is 237 Å². The Hall–Kier alpha value is -7.78. The second-order valence-electron chi connectivity index (χ2n) is 18.4. The highest BCUT2D eigenvalue weighted by molar-refractivity contribution is 7.26. The van der Waals surface area contributed by atoms with Crippen LogP contribution in [0.4, 0.5) is 17.1 Å². The van der Waals surface area contributed by atoms with Crippen LogP contribution >= 0.6 is 11.3 Å². The first-order valence-corrected chi connectivity index (χ1v) is 23.8. The van der Waals surface area contributed by atoms with E-state index in [1.165, 1.54) is 98.1 Å². The maximum absolute atomic E-state index is 2.46. The molecule has 13 rings (SSSR count). The third-order valence-corrected chi connectivity index (χ3v) is 15.8. The van der Waals surface area contributed by atoms with Crippen LogP contribution in [0, 0.1) is 0 Å². The first kappa shape index (κ1) is 38.7. The molecule has 1 aromatic heterocycles. The second-order valence-corrected chi connectivity index (χ2v) is 19.5. The molecular formula is C64H45NS. The third kappa shape index (κ3) is 5.71. The fourth-order valence-corrected chi connectivity index (χ4v) is 12.7. The Kier molecular flexibility index (Phi) is 8.72. The monoisotopic (exact) mass is 859 g/mol. The van der Waals surface area contributed by atoms with Gasteiger partial charge in [0.25, 0.3) is 0 Å². The summed E-state index contributed by atoms with van der Waals surface area (Å²) in [5.74, 6) is 0. The Balaban J connectivity index is 0.940. The zero-order chi connectivity index (χ0) is 44.0. The average molecular weight is 860 g/mol. The summed E-state index contributed by atoms with van der Waals surface area (Å²) < 4.78 is 2.73. The molecule has 0 unspecified atom stereocenters. The number of hydrogen-bond acceptors (Lipinski definition) is 2. The molecule has 0 N–H and O–H groups in total. The highest BCUT2D eigenvalue weighted by atomic mass is 32.1. The first-order chi connectivity index (χ1) is 32.5. The Morgan fingerprint density at radius 2 is 0.879 bits per heavy atom. The van der Waals surface area contributed by atoms with E-state index in [9.17, 15) is 0 Å². The van der Waals surface area contributed by atoms with E-state index in [1.807, 2.05) is 11.3 Å². The molecule has 0 radical (unpaired) electrons. The second kappa shape index (κ2) is 14.9. The van der Waals surface area contributed by atoms with Crippen molar-refractivity contribution in [1.82, 2.24) is 0 Å². The van der Waals surface area contributed by atoms with Crippen LogP contribution in [0.3, 0.4) is 0 Å². The average Bonchev–Trinajstić information content (AvgIpc) is 3.99. The molecule has 2 heteroatoms. The van der Waals surface area contributed by atoms with Crippen molar-refractivity contribution in [3.63, 3.8) is 0 Å². The van der Waals surface area contributed by atoms with Gasteiger partial charge in [-0.15, -0.1) is 11.3 Å². The standard InChI is InChI=1S/C64H45NS/c1-63(2)57-39-38-54-53-23-13-15-25-60(53)66-62(54)61(57)55-37-35-50(41-58(55)63)65(48-31-26-43(27-32-48)42-16-6-3-7-17-42)49-33-28-44(29-34-49)45-30-36-52-51-22-12-14-24-56(51)64(59(52)40-45,46-18-8-4-9-19-46)47-20-10-5-11-21-47/h3-41H,1-2H3. The van der Waals surface area contributed by atoms with Gasteiger partial charge in [-0.3, -0.25) is 0 Å². The van der Waals surface area contributed by atoms with Gasteiger partial charge >= 0.3 is 0 Å². The smallest absolute Gasteiger partial charge is 0.0713 e. The van der Waals surface area contributed by atoms with E-state index in [0.29, 0.717) is 0 Å². The Bertz CT molecular complexity index is 3600. The highest BCUT2D eigenvalue weighted by Crippen LogP contribution is 2.58. The summed E-state index contributed by atoms with van der Waals surface area (Å²) in [6.07, 6.45) is 0. The van der Waals surface area contributed by atoms with Crippen molar-refractivity contribution in [2.45, 2.75) is 24.7 Å². The van der Waals surface area contributed by atoms with Crippen LogP contribution in [0.5, 0.6) is 0 Å². The van der Waals surface area contributed by atoms with Crippen LogP contribution in [0.2, 0.25) is 0 Å². The van der Waals surface area contributed by atoms with Gasteiger partial charge in [0.15, 0.2) is 0 Å². The Labute approximate surface area is 390 Å². The maximum atomic E-state index is 2.46. The lowest BCUT2D eigenvalue weighted by Crippen LogP contribution is -2.28. The minimum Gasteiger partial charge on any atom is -0.310 e. The van der Waals surface area contributed by atoms with Crippen LogP contribution in [0.1, 0.15) is 47.2 Å². The van der Waals surface area contributed by atoms with Crippen molar-refractivity contribution < 1.29 is 0 Å². The quantitative estimate of drug-likeness (QED) is 0.154. The predicted octanol–water partition coefficient (Wildman–Crippen LogP) is 17.5. The largest absolute Gasteiger partial charge is 0.310 e. The van der Waals surface area contributed by atoms with Crippen LogP contribution in [0.25, 0.3) is 64.7 Å². The van der Waals surface area contributed by atoms with Crippen molar-refractivity contribution in [2.75, 3.05) is 4.90 Å². The summed E-state index contributed by atoms with van der Waals surface area (Å²) in [6, 6.07) is 87.9. The van der Waals surface area contributed by atoms with E-state index in [2.05, 4.69) is 255 Å². The summed E-state index contributed by atoms with van der Waals surface area (Å²) in [5, 5.41) is 2.69. The SMILES string of the molecule is CC1(C)c2cc(N(c3ccc(-c4ccccc4)cc3)c3ccc(-c4ccc5c(c4)C(c4ccccc4)(c4ccccc4)c4ccccc4-5)cc3)ccc2-c2c1ccc1c2sc2ccccc21. The summed E-state index contributed by atoms with van der Waals surface area (Å²) >= 11 is 1.92. The number of benzene rings is 10. The molecule has 66 heavy (non-hydrogen) atoms. The number of anilines is 3. The number of nitrogens with zero attached hydrogens (tertiary/aromatic N) is 1. The van der Waals surface area contributed by atoms with Crippen molar-refractivity contribution in [2.24, 2.45) is 0 Å². The lowest BCUT2D eigenvalue weighted by molar-refractivity contribution is 0.661. The number of thiophene rings is 1. The van der Waals surface area contributed by atoms with Crippen LogP contribution in [-0.4, -0.2) is 0 Å². The van der Waals surface area contributed by atoms with E-state index >= 15 is 0 Å². The van der Waals surface area contributed by atoms with Crippen LogP contribution < -0.4 is 4.90 Å². The minimum absolute atomic E-state index is 0.167. The molecule has 0 saturated heterocycles. The summed E-state index contributed by atoms with van der Waals surface area (Å²) in [5.41, 5.74) is 20.8. The number of rotatable bonds is 7. The van der Waals surface area contributed by atoms with Gasteiger partial charge in [0.2, 0.25) is 0 Å². The summed E-state index contributed by atoms with van der Waals surface area (Å²) in [6.45, 7) is 4.79. The topological polar surface area (TPSA) is 3.24 Å². The van der Waals surface area contributed by atoms with Crippen LogP contribution in [-0.2, 0) is 10.8 Å². The van der Waals surface area contributed by atoms with E-state index in [4.69, 9.17) is 0 Å². The molecule has 0 fully saturated rings. The molecular weight excluding hydrogens is 815 g/mol. The first-order valence-electron chi connectivity index (χ1n) is 23.0. The van der Waals surface area contributed by atoms with Gasteiger partial charge in [-0.2, -0.15) is 0 Å². The minimum atomic E-state index is -0.448. The lowest BCUT2D eigenvalue weighted by atomic mass is 9.67. The highest BCUT2D eigenvalue weighted by Gasteiger charge is 2.46. The molecule has 0 spiro atoms. The normalized spacial score (nSPS) is 13.8. The molecule has 11 aromatic rings. The summed E-state index contributed by atoms with van der Waals surface area (Å²) in [4.78, 5) is 2.43. The number of fused-ring (bicyclic) bond motifs is 10. The zero-order valence-corrected chi connectivity index (χ0v) is 37.7. The van der Waals surface area contributed by atoms with Crippen molar-refractivity contribution in [3.8, 4) is 44.5 Å². The van der Waals surface area contributed by atoms with Gasteiger partial charge in [-0.25, -0.2) is 0 Å². The maximum Gasteiger partial charge on any atom is 0.0713 e. The molecule has 2 aliphatic carbocycles. The Morgan fingerprint density at radius 3 is 1.58 bits per heavy atom. The van der Waals surface area contributed by atoms with Gasteiger partial charge in [0.1, 0.15) is 0 Å². The molecule has 2 aliphatic rings. The molecule has 0 bridgehead atoms. The predicted molar refractivity (Wildman–Crippen MR) is 280 cm³/mol. The van der Waals surface area contributed by atoms with Gasteiger partial charge in [-0.05, 0) is 121 Å². The molecule has 1 nitrogen and oxygen atoms in total. The Morgan fingerprint density at radius 1 is 0.348 bits per heavy atom. The van der Waals surface area contributed by atoms with Gasteiger partial charge in [0.05, 0.1) is 5.41 Å². The van der Waals surface area contributed by atoms with Gasteiger partial charge in [-0.1, -0.05) is 202 Å². The molecule has 10 aromatic carbocycles. The fourth-order valence-electron chi connectivity index (χ4n) is 11.4. The van der Waals surface area contributed by atoms with Crippen molar-refractivity contribution in [3.05, 3.63) is 270 Å². The van der Waals surface area contributed by atoms with Gasteiger partial charge in [0, 0.05) is 48.2 Å².